The predicted octanol–water partition coefficient (Wildman–Crippen LogP) is 1.64. The number of carbonyl (C=O) groups is 3. The van der Waals surface area contributed by atoms with E-state index in [1.54, 1.807) is 0 Å². The van der Waals surface area contributed by atoms with Crippen molar-refractivity contribution in [1.82, 2.24) is 15.2 Å². The first-order valence-electron chi connectivity index (χ1n) is 10.3. The minimum atomic E-state index is -0.880. The quantitative estimate of drug-likeness (QED) is 0.719. The molecular weight excluding hydrogens is 372 g/mol. The standard InChI is InChI=1S/C21H30N4O4/c1-15-13-17(14-16(2)22-15)24-9-11-25(12-10-24)19(27)4-7-21(8-5-20(28)29)6-3-18(26)23-21/h13-14H,3-12H2,1-2H3,(H,23,26)(H,28,29)/t21-/m0/s1. The number of amides is 2. The Balaban J connectivity index is 1.52. The Morgan fingerprint density at radius 3 is 2.28 bits per heavy atom. The first-order chi connectivity index (χ1) is 13.8. The molecule has 29 heavy (non-hydrogen) atoms. The molecule has 0 spiro atoms. The first-order valence-corrected chi connectivity index (χ1v) is 10.3. The van der Waals surface area contributed by atoms with Gasteiger partial charge in [-0.3, -0.25) is 19.4 Å². The number of rotatable bonds is 7. The Morgan fingerprint density at radius 1 is 1.10 bits per heavy atom. The van der Waals surface area contributed by atoms with Gasteiger partial charge in [-0.2, -0.15) is 0 Å². The van der Waals surface area contributed by atoms with Gasteiger partial charge in [0.2, 0.25) is 11.8 Å². The number of carboxylic acids is 1. The average molecular weight is 402 g/mol. The maximum absolute atomic E-state index is 12.7. The van der Waals surface area contributed by atoms with Gasteiger partial charge in [-0.05, 0) is 45.2 Å². The van der Waals surface area contributed by atoms with E-state index in [0.29, 0.717) is 45.2 Å². The SMILES string of the molecule is Cc1cc(N2CCN(C(=O)CC[C@]3(CCC(=O)O)CCC(=O)N3)CC2)cc(C)n1. The Kier molecular flexibility index (Phi) is 6.39. The number of hydrogen-bond donors (Lipinski definition) is 2. The normalized spacial score (nSPS) is 21.9. The molecule has 0 bridgehead atoms. The lowest BCUT2D eigenvalue weighted by Gasteiger charge is -2.37. The number of aliphatic carboxylic acids is 1. The fourth-order valence-electron chi connectivity index (χ4n) is 4.33. The van der Waals surface area contributed by atoms with Crippen molar-refractivity contribution in [2.75, 3.05) is 31.1 Å². The molecule has 2 amide bonds. The topological polar surface area (TPSA) is 103 Å². The minimum Gasteiger partial charge on any atom is -0.481 e. The molecule has 0 radical (unpaired) electrons. The summed E-state index contributed by atoms with van der Waals surface area (Å²) in [5.41, 5.74) is 2.56. The van der Waals surface area contributed by atoms with E-state index in [4.69, 9.17) is 5.11 Å². The van der Waals surface area contributed by atoms with Gasteiger partial charge in [-0.1, -0.05) is 0 Å². The van der Waals surface area contributed by atoms with Crippen LogP contribution in [0.3, 0.4) is 0 Å². The Labute approximate surface area is 171 Å². The van der Waals surface area contributed by atoms with Crippen LogP contribution >= 0.6 is 0 Å². The van der Waals surface area contributed by atoms with E-state index in [1.807, 2.05) is 18.7 Å². The summed E-state index contributed by atoms with van der Waals surface area (Å²) in [5.74, 6) is -0.864. The molecule has 8 nitrogen and oxygen atoms in total. The number of aromatic nitrogens is 1. The summed E-state index contributed by atoms with van der Waals surface area (Å²) in [5, 5.41) is 11.9. The van der Waals surface area contributed by atoms with E-state index >= 15 is 0 Å². The van der Waals surface area contributed by atoms with Crippen LogP contribution < -0.4 is 10.2 Å². The second-order valence-corrected chi connectivity index (χ2v) is 8.20. The van der Waals surface area contributed by atoms with Crippen molar-refractivity contribution in [1.29, 1.82) is 0 Å². The third-order valence-electron chi connectivity index (χ3n) is 5.93. The zero-order valence-corrected chi connectivity index (χ0v) is 17.2. The minimum absolute atomic E-state index is 0.00207. The number of carboxylic acid groups (broad SMARTS) is 1. The van der Waals surface area contributed by atoms with Crippen molar-refractivity contribution in [2.24, 2.45) is 0 Å². The summed E-state index contributed by atoms with van der Waals surface area (Å²) in [6.45, 7) is 6.84. The average Bonchev–Trinajstić information content (AvgIpc) is 3.05. The van der Waals surface area contributed by atoms with Crippen LogP contribution in [0, 0.1) is 13.8 Å². The molecule has 0 saturated carbocycles. The molecule has 1 aromatic rings. The number of hydrogen-bond acceptors (Lipinski definition) is 5. The van der Waals surface area contributed by atoms with E-state index in [0.717, 1.165) is 30.2 Å². The predicted molar refractivity (Wildman–Crippen MR) is 109 cm³/mol. The van der Waals surface area contributed by atoms with Crippen LogP contribution in [-0.2, 0) is 14.4 Å². The lowest BCUT2D eigenvalue weighted by atomic mass is 9.86. The Bertz CT molecular complexity index is 769. The number of aryl methyl sites for hydroxylation is 2. The van der Waals surface area contributed by atoms with E-state index in [9.17, 15) is 14.4 Å². The third kappa shape index (κ3) is 5.46. The van der Waals surface area contributed by atoms with Crippen molar-refractivity contribution in [3.05, 3.63) is 23.5 Å². The molecule has 0 unspecified atom stereocenters. The van der Waals surface area contributed by atoms with Gasteiger partial charge in [0.15, 0.2) is 0 Å². The molecule has 8 heteroatoms. The van der Waals surface area contributed by atoms with E-state index < -0.39 is 11.5 Å². The zero-order valence-electron chi connectivity index (χ0n) is 17.2. The second kappa shape index (κ2) is 8.80. The van der Waals surface area contributed by atoms with Gasteiger partial charge in [0.1, 0.15) is 0 Å². The van der Waals surface area contributed by atoms with Crippen molar-refractivity contribution in [3.63, 3.8) is 0 Å². The molecule has 1 atom stereocenters. The van der Waals surface area contributed by atoms with Crippen molar-refractivity contribution >= 4 is 23.5 Å². The fraction of sp³-hybridized carbons (Fsp3) is 0.619. The van der Waals surface area contributed by atoms with Gasteiger partial charge in [-0.15, -0.1) is 0 Å². The van der Waals surface area contributed by atoms with Crippen molar-refractivity contribution in [2.45, 2.75) is 57.9 Å². The molecule has 2 aliphatic rings. The molecule has 2 saturated heterocycles. The highest BCUT2D eigenvalue weighted by Gasteiger charge is 2.38. The largest absolute Gasteiger partial charge is 0.481 e. The fourth-order valence-corrected chi connectivity index (χ4v) is 4.33. The van der Waals surface area contributed by atoms with E-state index in [2.05, 4.69) is 27.3 Å². The number of piperazine rings is 1. The highest BCUT2D eigenvalue weighted by Crippen LogP contribution is 2.30. The summed E-state index contributed by atoms with van der Waals surface area (Å²) in [6, 6.07) is 4.14. The van der Waals surface area contributed by atoms with Crippen LogP contribution in [0.25, 0.3) is 0 Å². The molecule has 1 aromatic heterocycles. The summed E-state index contributed by atoms with van der Waals surface area (Å²) in [6.07, 6.45) is 2.19. The number of nitrogens with zero attached hydrogens (tertiary/aromatic N) is 3. The molecular formula is C21H30N4O4. The van der Waals surface area contributed by atoms with Crippen LogP contribution in [0.2, 0.25) is 0 Å². The third-order valence-corrected chi connectivity index (χ3v) is 5.93. The van der Waals surface area contributed by atoms with Gasteiger partial charge in [0.05, 0.1) is 0 Å². The van der Waals surface area contributed by atoms with Crippen LogP contribution in [0.1, 0.15) is 49.9 Å². The summed E-state index contributed by atoms with van der Waals surface area (Å²) >= 11 is 0. The monoisotopic (exact) mass is 402 g/mol. The van der Waals surface area contributed by atoms with Gasteiger partial charge < -0.3 is 20.2 Å². The highest BCUT2D eigenvalue weighted by atomic mass is 16.4. The lowest BCUT2D eigenvalue weighted by Crippen LogP contribution is -2.49. The van der Waals surface area contributed by atoms with Gasteiger partial charge in [0, 0.05) is 68.1 Å². The maximum atomic E-state index is 12.7. The van der Waals surface area contributed by atoms with Crippen molar-refractivity contribution in [3.8, 4) is 0 Å². The molecule has 2 fully saturated rings. The second-order valence-electron chi connectivity index (χ2n) is 8.20. The van der Waals surface area contributed by atoms with Gasteiger partial charge >= 0.3 is 5.97 Å². The van der Waals surface area contributed by atoms with E-state index in [1.165, 1.54) is 0 Å². The Morgan fingerprint density at radius 2 is 1.72 bits per heavy atom. The van der Waals surface area contributed by atoms with Crippen LogP contribution in [0.15, 0.2) is 12.1 Å². The number of carbonyl (C=O) groups excluding carboxylic acids is 2. The molecule has 158 valence electrons. The number of nitrogens with one attached hydrogen (secondary N) is 1. The van der Waals surface area contributed by atoms with E-state index in [-0.39, 0.29) is 18.2 Å². The Hall–Kier alpha value is -2.64. The molecule has 0 aromatic carbocycles. The van der Waals surface area contributed by atoms with Crippen LogP contribution in [0.5, 0.6) is 0 Å². The van der Waals surface area contributed by atoms with Crippen LogP contribution in [-0.4, -0.2) is 64.5 Å². The number of anilines is 1. The van der Waals surface area contributed by atoms with Gasteiger partial charge in [-0.25, -0.2) is 0 Å². The highest BCUT2D eigenvalue weighted by molar-refractivity contribution is 5.80. The maximum Gasteiger partial charge on any atom is 0.303 e. The molecule has 3 rings (SSSR count). The summed E-state index contributed by atoms with van der Waals surface area (Å²) < 4.78 is 0. The van der Waals surface area contributed by atoms with Crippen molar-refractivity contribution < 1.29 is 19.5 Å². The zero-order chi connectivity index (χ0) is 21.0. The summed E-state index contributed by atoms with van der Waals surface area (Å²) in [7, 11) is 0. The molecule has 3 heterocycles. The summed E-state index contributed by atoms with van der Waals surface area (Å²) in [4.78, 5) is 44.0. The lowest BCUT2D eigenvalue weighted by molar-refractivity contribution is -0.137. The number of pyridine rings is 1. The molecule has 0 aliphatic carbocycles. The smallest absolute Gasteiger partial charge is 0.303 e. The first kappa shape index (κ1) is 21.1. The van der Waals surface area contributed by atoms with Gasteiger partial charge in [0.25, 0.3) is 0 Å². The molecule has 2 aliphatic heterocycles. The molecule has 2 N–H and O–H groups in total. The van der Waals surface area contributed by atoms with Crippen LogP contribution in [0.4, 0.5) is 5.69 Å².